The van der Waals surface area contributed by atoms with Crippen molar-refractivity contribution >= 4 is 29.7 Å². The highest BCUT2D eigenvalue weighted by Crippen LogP contribution is 2.21. The first kappa shape index (κ1) is 32.4. The maximum absolute atomic E-state index is 13.7. The largest absolute Gasteiger partial charge is 0.357 e. The highest BCUT2D eigenvalue weighted by Gasteiger charge is 2.39. The number of nitrogens with zero attached hydrogens (tertiary/aromatic N) is 3. The van der Waals surface area contributed by atoms with Gasteiger partial charge >= 0.3 is 6.03 Å². The van der Waals surface area contributed by atoms with Gasteiger partial charge in [0.2, 0.25) is 23.6 Å². The first-order valence-electron chi connectivity index (χ1n) is 12.4. The Bertz CT molecular complexity index is 753. The smallest absolute Gasteiger partial charge is 0.324 e. The molecule has 10 heteroatoms. The van der Waals surface area contributed by atoms with Gasteiger partial charge in [0, 0.05) is 34.6 Å². The van der Waals surface area contributed by atoms with Crippen molar-refractivity contribution in [2.45, 2.75) is 85.9 Å². The van der Waals surface area contributed by atoms with Gasteiger partial charge in [-0.25, -0.2) is 4.79 Å². The molecule has 0 aliphatic rings. The number of likely N-dealkylation sites (N-methyl/N-ethyl adjacent to an activating group) is 4. The van der Waals surface area contributed by atoms with Crippen LogP contribution in [0.25, 0.3) is 0 Å². The van der Waals surface area contributed by atoms with E-state index >= 15 is 0 Å². The zero-order valence-electron chi connectivity index (χ0n) is 23.5. The number of hydrogen-bond donors (Lipinski definition) is 2. The monoisotopic (exact) mass is 497 g/mol. The number of nitrogens with one attached hydrogen (secondary N) is 2. The molecular formula is C25H47N5O5. The molecular weight excluding hydrogens is 450 g/mol. The fourth-order valence-corrected chi connectivity index (χ4v) is 4.01. The van der Waals surface area contributed by atoms with Crippen LogP contribution in [0.2, 0.25) is 0 Å². The lowest BCUT2D eigenvalue weighted by Gasteiger charge is -2.38. The molecule has 0 aromatic carbocycles. The lowest BCUT2D eigenvalue weighted by atomic mass is 9.96. The van der Waals surface area contributed by atoms with Gasteiger partial charge in [-0.3, -0.25) is 24.5 Å². The number of amides is 6. The Labute approximate surface area is 211 Å². The van der Waals surface area contributed by atoms with Gasteiger partial charge in [-0.15, -0.1) is 0 Å². The van der Waals surface area contributed by atoms with Crippen LogP contribution < -0.4 is 10.6 Å². The van der Waals surface area contributed by atoms with Crippen molar-refractivity contribution in [2.24, 2.45) is 17.8 Å². The van der Waals surface area contributed by atoms with Gasteiger partial charge in [-0.1, -0.05) is 48.5 Å². The van der Waals surface area contributed by atoms with Crippen molar-refractivity contribution < 1.29 is 24.0 Å². The molecule has 0 aliphatic carbocycles. The van der Waals surface area contributed by atoms with Gasteiger partial charge in [0.1, 0.15) is 18.1 Å². The van der Waals surface area contributed by atoms with Crippen molar-refractivity contribution in [1.82, 2.24) is 25.3 Å². The number of carbonyl (C=O) groups excluding carboxylic acids is 5. The number of carbonyl (C=O) groups is 5. The SMILES string of the molecule is CCC(=O)NC(=O)N(C)[C@@H](CC(C)C)C(=O)N(C)[C@@H](CC(C)C)C(=O)N(C)[C@H](C(=O)NC)C(C)C. The third-order valence-electron chi connectivity index (χ3n) is 6.04. The molecule has 0 bridgehead atoms. The van der Waals surface area contributed by atoms with Gasteiger partial charge in [0.05, 0.1) is 0 Å². The van der Waals surface area contributed by atoms with Crippen molar-refractivity contribution in [3.05, 3.63) is 0 Å². The Morgan fingerprint density at radius 1 is 0.714 bits per heavy atom. The van der Waals surface area contributed by atoms with Crippen LogP contribution in [0.3, 0.4) is 0 Å². The van der Waals surface area contributed by atoms with E-state index in [1.165, 1.54) is 28.8 Å². The number of rotatable bonds is 12. The predicted molar refractivity (Wildman–Crippen MR) is 136 cm³/mol. The van der Waals surface area contributed by atoms with E-state index in [1.807, 2.05) is 41.5 Å². The van der Waals surface area contributed by atoms with E-state index in [0.717, 1.165) is 0 Å². The minimum atomic E-state index is -0.864. The first-order chi connectivity index (χ1) is 16.1. The fourth-order valence-electron chi connectivity index (χ4n) is 4.01. The number of hydrogen-bond acceptors (Lipinski definition) is 5. The van der Waals surface area contributed by atoms with Crippen molar-refractivity contribution in [3.8, 4) is 0 Å². The summed E-state index contributed by atoms with van der Waals surface area (Å²) in [5.74, 6) is -1.41. The molecule has 0 fully saturated rings. The van der Waals surface area contributed by atoms with E-state index < -0.39 is 36.0 Å². The normalized spacial score (nSPS) is 13.8. The Morgan fingerprint density at radius 3 is 1.51 bits per heavy atom. The van der Waals surface area contributed by atoms with E-state index in [-0.39, 0.29) is 36.0 Å². The average molecular weight is 498 g/mol. The van der Waals surface area contributed by atoms with E-state index in [1.54, 1.807) is 21.0 Å². The molecule has 0 aromatic rings. The Hall–Kier alpha value is -2.65. The van der Waals surface area contributed by atoms with Crippen LogP contribution >= 0.6 is 0 Å². The number of imide groups is 1. The first-order valence-corrected chi connectivity index (χ1v) is 12.4. The van der Waals surface area contributed by atoms with E-state index in [9.17, 15) is 24.0 Å². The molecule has 10 nitrogen and oxygen atoms in total. The molecule has 0 saturated heterocycles. The molecule has 35 heavy (non-hydrogen) atoms. The van der Waals surface area contributed by atoms with Crippen molar-refractivity contribution in [3.63, 3.8) is 0 Å². The molecule has 0 spiro atoms. The summed E-state index contributed by atoms with van der Waals surface area (Å²) in [5, 5.41) is 4.89. The summed E-state index contributed by atoms with van der Waals surface area (Å²) in [6.07, 6.45) is 0.892. The summed E-state index contributed by atoms with van der Waals surface area (Å²) in [4.78, 5) is 68.2. The summed E-state index contributed by atoms with van der Waals surface area (Å²) in [6.45, 7) is 13.1. The van der Waals surface area contributed by atoms with Crippen LogP contribution in [-0.2, 0) is 19.2 Å². The molecule has 0 rings (SSSR count). The molecule has 0 aliphatic heterocycles. The Kier molecular flexibility index (Phi) is 13.6. The van der Waals surface area contributed by atoms with Crippen LogP contribution in [0, 0.1) is 17.8 Å². The molecule has 0 aromatic heterocycles. The maximum Gasteiger partial charge on any atom is 0.324 e. The Morgan fingerprint density at radius 2 is 1.14 bits per heavy atom. The minimum absolute atomic E-state index is 0.0787. The summed E-state index contributed by atoms with van der Waals surface area (Å²) >= 11 is 0. The number of urea groups is 1. The van der Waals surface area contributed by atoms with Gasteiger partial charge < -0.3 is 20.0 Å². The zero-order valence-corrected chi connectivity index (χ0v) is 23.5. The van der Waals surface area contributed by atoms with Crippen LogP contribution in [0.1, 0.15) is 67.7 Å². The minimum Gasteiger partial charge on any atom is -0.357 e. The van der Waals surface area contributed by atoms with Crippen LogP contribution in [0.15, 0.2) is 0 Å². The molecule has 202 valence electrons. The van der Waals surface area contributed by atoms with Gasteiger partial charge in [-0.2, -0.15) is 0 Å². The second kappa shape index (κ2) is 14.7. The highest BCUT2D eigenvalue weighted by atomic mass is 16.2. The second-order valence-electron chi connectivity index (χ2n) is 10.3. The topological polar surface area (TPSA) is 119 Å². The molecule has 0 unspecified atom stereocenters. The zero-order chi connectivity index (χ0) is 27.6. The molecule has 0 saturated carbocycles. The van der Waals surface area contributed by atoms with Crippen LogP contribution in [-0.4, -0.2) is 90.7 Å². The van der Waals surface area contributed by atoms with Crippen molar-refractivity contribution in [2.75, 3.05) is 28.2 Å². The van der Waals surface area contributed by atoms with E-state index in [0.29, 0.717) is 12.8 Å². The van der Waals surface area contributed by atoms with Gasteiger partial charge in [0.15, 0.2) is 0 Å². The summed E-state index contributed by atoms with van der Waals surface area (Å²) in [6, 6.07) is -3.03. The van der Waals surface area contributed by atoms with Crippen LogP contribution in [0.4, 0.5) is 4.79 Å². The summed E-state index contributed by atoms with van der Waals surface area (Å²) in [5.41, 5.74) is 0. The average Bonchev–Trinajstić information content (AvgIpc) is 2.78. The van der Waals surface area contributed by atoms with Gasteiger partial charge in [0.25, 0.3) is 0 Å². The lowest BCUT2D eigenvalue weighted by molar-refractivity contribution is -0.150. The fraction of sp³-hybridized carbons (Fsp3) is 0.800. The van der Waals surface area contributed by atoms with Crippen molar-refractivity contribution in [1.29, 1.82) is 0 Å². The summed E-state index contributed by atoms with van der Waals surface area (Å²) < 4.78 is 0. The van der Waals surface area contributed by atoms with Gasteiger partial charge in [-0.05, 0) is 30.6 Å². The maximum atomic E-state index is 13.7. The third kappa shape index (κ3) is 9.49. The predicted octanol–water partition coefficient (Wildman–Crippen LogP) is 2.08. The van der Waals surface area contributed by atoms with E-state index in [4.69, 9.17) is 0 Å². The second-order valence-corrected chi connectivity index (χ2v) is 10.3. The van der Waals surface area contributed by atoms with Crippen LogP contribution in [0.5, 0.6) is 0 Å². The standard InChI is InChI=1S/C25H47N5O5/c1-12-20(31)27-25(35)29(10)19(14-16(4)5)23(33)28(9)18(13-15(2)3)24(34)30(11)21(17(6)7)22(32)26-8/h15-19,21H,12-14H2,1-11H3,(H,26,32)(H,27,31,35)/t18-,19-,21-/m0/s1. The van der Waals surface area contributed by atoms with E-state index in [2.05, 4.69) is 10.6 Å². The Balaban J connectivity index is 6.14. The molecule has 6 amide bonds. The molecule has 2 N–H and O–H groups in total. The quantitative estimate of drug-likeness (QED) is 0.428. The molecule has 0 heterocycles. The third-order valence-corrected chi connectivity index (χ3v) is 6.04. The highest BCUT2D eigenvalue weighted by molar-refractivity contribution is 5.97. The lowest BCUT2D eigenvalue weighted by Crippen LogP contribution is -2.59. The molecule has 0 radical (unpaired) electrons. The molecule has 3 atom stereocenters. The summed E-state index contributed by atoms with van der Waals surface area (Å²) in [7, 11) is 6.14.